The number of carbonyl (C=O) groups excluding carboxylic acids is 3. The minimum absolute atomic E-state index is 0.253. The van der Waals surface area contributed by atoms with Gasteiger partial charge in [-0.05, 0) is 30.4 Å². The molecule has 1 aliphatic rings. The fourth-order valence-corrected chi connectivity index (χ4v) is 3.57. The third-order valence-electron chi connectivity index (χ3n) is 4.27. The molecule has 1 fully saturated rings. The number of nitrogens with zero attached hydrogens (tertiary/aromatic N) is 1. The van der Waals surface area contributed by atoms with Crippen LogP contribution in [0.5, 0.6) is 0 Å². The number of urea groups is 1. The lowest BCUT2D eigenvalue weighted by molar-refractivity contribution is -0.130. The van der Waals surface area contributed by atoms with Gasteiger partial charge in [-0.25, -0.2) is 4.79 Å². The highest BCUT2D eigenvalue weighted by atomic mass is 32.1. The minimum atomic E-state index is -1.10. The number of rotatable bonds is 5. The predicted octanol–water partition coefficient (Wildman–Crippen LogP) is 2.96. The second kappa shape index (κ2) is 6.20. The summed E-state index contributed by atoms with van der Waals surface area (Å²) in [6, 6.07) is 10.3. The summed E-state index contributed by atoms with van der Waals surface area (Å²) >= 11 is 1.40. The Hall–Kier alpha value is -2.47. The molecule has 3 amide bonds. The van der Waals surface area contributed by atoms with Gasteiger partial charge in [0, 0.05) is 10.4 Å². The number of ketones is 1. The summed E-state index contributed by atoms with van der Waals surface area (Å²) < 4.78 is 0. The van der Waals surface area contributed by atoms with Crippen molar-refractivity contribution in [3.8, 4) is 0 Å². The number of imide groups is 1. The second-order valence-electron chi connectivity index (χ2n) is 5.90. The Morgan fingerprint density at radius 1 is 1.21 bits per heavy atom. The smallest absolute Gasteiger partial charge is 0.319 e. The van der Waals surface area contributed by atoms with E-state index in [9.17, 15) is 14.4 Å². The fourth-order valence-electron chi connectivity index (χ4n) is 2.73. The van der Waals surface area contributed by atoms with E-state index in [0.29, 0.717) is 5.56 Å². The Kier molecular flexibility index (Phi) is 4.24. The normalized spacial score (nSPS) is 20.3. The Labute approximate surface area is 144 Å². The number of carbonyl (C=O) groups is 3. The number of aryl methyl sites for hydroxylation is 1. The third kappa shape index (κ3) is 2.73. The molecule has 1 N–H and O–H groups in total. The van der Waals surface area contributed by atoms with E-state index >= 15 is 0 Å². The number of Topliss-reactive ketones (excluding diaryl/α,β-unsaturated/α-hetero) is 1. The lowest BCUT2D eigenvalue weighted by atomic mass is 10.0. The molecule has 0 saturated carbocycles. The van der Waals surface area contributed by atoms with E-state index in [-0.39, 0.29) is 12.3 Å². The van der Waals surface area contributed by atoms with E-state index in [1.54, 1.807) is 25.1 Å². The molecule has 0 bridgehead atoms. The van der Waals surface area contributed by atoms with Crippen LogP contribution in [0.4, 0.5) is 4.79 Å². The maximum atomic E-state index is 12.7. The van der Waals surface area contributed by atoms with Gasteiger partial charge in [0.15, 0.2) is 11.3 Å². The van der Waals surface area contributed by atoms with Gasteiger partial charge in [-0.15, -0.1) is 11.3 Å². The maximum Gasteiger partial charge on any atom is 0.325 e. The van der Waals surface area contributed by atoms with Crippen LogP contribution >= 0.6 is 11.3 Å². The van der Waals surface area contributed by atoms with E-state index in [4.69, 9.17) is 0 Å². The van der Waals surface area contributed by atoms with Crippen molar-refractivity contribution in [1.82, 2.24) is 10.2 Å². The molecule has 1 unspecified atom stereocenters. The first-order chi connectivity index (χ1) is 11.5. The van der Waals surface area contributed by atoms with Gasteiger partial charge in [0.05, 0.1) is 6.54 Å². The van der Waals surface area contributed by atoms with Gasteiger partial charge in [0.2, 0.25) is 0 Å². The molecule has 1 atom stereocenters. The van der Waals surface area contributed by atoms with E-state index < -0.39 is 17.5 Å². The second-order valence-corrected chi connectivity index (χ2v) is 6.85. The average molecular weight is 342 g/mol. The number of benzene rings is 1. The number of amides is 3. The molecule has 1 saturated heterocycles. The van der Waals surface area contributed by atoms with Gasteiger partial charge >= 0.3 is 6.03 Å². The minimum Gasteiger partial charge on any atom is -0.319 e. The van der Waals surface area contributed by atoms with E-state index in [2.05, 4.69) is 5.32 Å². The van der Waals surface area contributed by atoms with Crippen LogP contribution in [0.3, 0.4) is 0 Å². The van der Waals surface area contributed by atoms with Crippen LogP contribution in [0, 0.1) is 0 Å². The topological polar surface area (TPSA) is 66.5 Å². The van der Waals surface area contributed by atoms with Crippen molar-refractivity contribution in [3.05, 3.63) is 57.8 Å². The highest BCUT2D eigenvalue weighted by Gasteiger charge is 2.50. The van der Waals surface area contributed by atoms with Gasteiger partial charge in [-0.2, -0.15) is 0 Å². The summed E-state index contributed by atoms with van der Waals surface area (Å²) in [5.41, 5.74) is 0.529. The summed E-state index contributed by atoms with van der Waals surface area (Å²) in [5, 5.41) is 4.55. The number of hydrogen-bond donors (Lipinski definition) is 1. The van der Waals surface area contributed by atoms with E-state index in [1.807, 2.05) is 30.5 Å². The molecule has 2 aromatic rings. The summed E-state index contributed by atoms with van der Waals surface area (Å²) in [6.07, 6.45) is 0.890. The molecule has 3 rings (SSSR count). The van der Waals surface area contributed by atoms with Crippen LogP contribution in [-0.2, 0) is 16.8 Å². The molecule has 2 heterocycles. The van der Waals surface area contributed by atoms with Crippen LogP contribution in [0.15, 0.2) is 41.8 Å². The zero-order valence-electron chi connectivity index (χ0n) is 13.5. The molecule has 6 heteroatoms. The van der Waals surface area contributed by atoms with Crippen molar-refractivity contribution in [1.29, 1.82) is 0 Å². The molecular weight excluding hydrogens is 324 g/mol. The predicted molar refractivity (Wildman–Crippen MR) is 92.1 cm³/mol. The molecule has 24 heavy (non-hydrogen) atoms. The maximum absolute atomic E-state index is 12.7. The van der Waals surface area contributed by atoms with Gasteiger partial charge in [0.25, 0.3) is 5.91 Å². The van der Waals surface area contributed by atoms with E-state index in [0.717, 1.165) is 21.8 Å². The van der Waals surface area contributed by atoms with Gasteiger partial charge < -0.3 is 5.32 Å². The third-order valence-corrected chi connectivity index (χ3v) is 5.37. The number of hydrogen-bond acceptors (Lipinski definition) is 4. The molecular formula is C18H18N2O3S. The van der Waals surface area contributed by atoms with Crippen LogP contribution in [-0.4, -0.2) is 29.2 Å². The van der Waals surface area contributed by atoms with Crippen LogP contribution in [0.2, 0.25) is 0 Å². The summed E-state index contributed by atoms with van der Waals surface area (Å²) in [5.74, 6) is -0.648. The largest absolute Gasteiger partial charge is 0.325 e. The monoisotopic (exact) mass is 342 g/mol. The first-order valence-electron chi connectivity index (χ1n) is 7.76. The highest BCUT2D eigenvalue weighted by molar-refractivity contribution is 7.10. The van der Waals surface area contributed by atoms with Gasteiger partial charge in [-0.1, -0.05) is 37.3 Å². The van der Waals surface area contributed by atoms with Gasteiger partial charge in [0.1, 0.15) is 0 Å². The fraction of sp³-hybridized carbons (Fsp3) is 0.278. The lowest BCUT2D eigenvalue weighted by Gasteiger charge is -2.19. The van der Waals surface area contributed by atoms with Crippen molar-refractivity contribution in [2.45, 2.75) is 25.8 Å². The average Bonchev–Trinajstić information content (AvgIpc) is 3.19. The summed E-state index contributed by atoms with van der Waals surface area (Å²) in [7, 11) is 0. The van der Waals surface area contributed by atoms with Crippen LogP contribution < -0.4 is 5.32 Å². The molecule has 5 nitrogen and oxygen atoms in total. The first kappa shape index (κ1) is 16.4. The lowest BCUT2D eigenvalue weighted by Crippen LogP contribution is -2.40. The van der Waals surface area contributed by atoms with Crippen molar-refractivity contribution in [3.63, 3.8) is 0 Å². The first-order valence-corrected chi connectivity index (χ1v) is 8.64. The van der Waals surface area contributed by atoms with E-state index in [1.165, 1.54) is 11.3 Å². The molecule has 1 aliphatic heterocycles. The highest BCUT2D eigenvalue weighted by Crippen LogP contribution is 2.31. The zero-order valence-corrected chi connectivity index (χ0v) is 14.4. The van der Waals surface area contributed by atoms with Crippen LogP contribution in [0.1, 0.15) is 34.6 Å². The van der Waals surface area contributed by atoms with Crippen LogP contribution in [0.25, 0.3) is 0 Å². The Balaban J connectivity index is 1.78. The number of nitrogens with one attached hydrogen (secondary N) is 1. The van der Waals surface area contributed by atoms with Gasteiger partial charge in [-0.3, -0.25) is 14.5 Å². The SMILES string of the molecule is CCc1ccc(C(=O)CN2C(=O)NC(C)(c3cccs3)C2=O)cc1. The molecule has 0 spiro atoms. The standard InChI is InChI=1S/C18H18N2O3S/c1-3-12-6-8-13(9-7-12)14(21)11-20-16(22)18(2,19-17(20)23)15-5-4-10-24-15/h4-10H,3,11H2,1-2H3,(H,19,23). The quantitative estimate of drug-likeness (QED) is 0.671. The molecule has 124 valence electrons. The molecule has 1 aromatic carbocycles. The Morgan fingerprint density at radius 3 is 2.50 bits per heavy atom. The van der Waals surface area contributed by atoms with Crippen molar-refractivity contribution in [2.24, 2.45) is 0 Å². The zero-order chi connectivity index (χ0) is 17.3. The summed E-state index contributed by atoms with van der Waals surface area (Å²) in [6.45, 7) is 3.45. The molecule has 0 aliphatic carbocycles. The Bertz CT molecular complexity index is 783. The number of thiophene rings is 1. The van der Waals surface area contributed by atoms with Crippen molar-refractivity contribution >= 4 is 29.1 Å². The Morgan fingerprint density at radius 2 is 1.92 bits per heavy atom. The van der Waals surface area contributed by atoms with Crippen molar-refractivity contribution in [2.75, 3.05) is 6.54 Å². The molecule has 0 radical (unpaired) electrons. The summed E-state index contributed by atoms with van der Waals surface area (Å²) in [4.78, 5) is 39.1. The van der Waals surface area contributed by atoms with Crippen molar-refractivity contribution < 1.29 is 14.4 Å². The molecule has 1 aromatic heterocycles.